The number of esters is 1. The van der Waals surface area contributed by atoms with Gasteiger partial charge in [0.25, 0.3) is 5.56 Å². The average Bonchev–Trinajstić information content (AvgIpc) is 3.87. The maximum atomic E-state index is 14.5. The topological polar surface area (TPSA) is 253 Å². The first-order valence-electron chi connectivity index (χ1n) is 28.4. The molecule has 440 valence electrons. The van der Waals surface area contributed by atoms with Crippen molar-refractivity contribution in [3.05, 3.63) is 64.7 Å². The summed E-state index contributed by atoms with van der Waals surface area (Å²) in [5.41, 5.74) is -2.21. The molecule has 0 unspecified atom stereocenters. The summed E-state index contributed by atoms with van der Waals surface area (Å²) in [6.45, 7) is 19.8. The molecule has 0 bridgehead atoms. The van der Waals surface area contributed by atoms with Crippen molar-refractivity contribution in [2.24, 2.45) is 17.8 Å². The smallest absolute Gasteiger partial charge is 0.311 e. The minimum Gasteiger partial charge on any atom is -0.503 e. The maximum Gasteiger partial charge on any atom is 0.311 e. The first-order chi connectivity index (χ1) is 36.7. The fourth-order valence-electron chi connectivity index (χ4n) is 12.2. The number of carbonyl (C=O) groups excluding carboxylic acids is 1. The number of aromatic hydroxyl groups is 1. The Kier molecular flexibility index (Phi) is 22.1. The van der Waals surface area contributed by atoms with E-state index in [4.69, 9.17) is 28.4 Å². The van der Waals surface area contributed by atoms with E-state index < -0.39 is 102 Å². The Balaban J connectivity index is 1.17. The number of pyridine rings is 1. The molecule has 78 heavy (non-hydrogen) atoms. The number of nitrogens with zero attached hydrogens (tertiary/aromatic N) is 6. The molecule has 0 saturated carbocycles. The zero-order valence-corrected chi connectivity index (χ0v) is 48.6. The van der Waals surface area contributed by atoms with Crippen molar-refractivity contribution in [1.82, 2.24) is 29.4 Å². The van der Waals surface area contributed by atoms with Crippen LogP contribution in [-0.4, -0.2) is 184 Å². The van der Waals surface area contributed by atoms with Crippen molar-refractivity contribution in [3.8, 4) is 17.0 Å². The van der Waals surface area contributed by atoms with E-state index in [1.54, 1.807) is 58.4 Å². The normalized spacial score (nSPS) is 37.0. The quantitative estimate of drug-likeness (QED) is 0.0703. The van der Waals surface area contributed by atoms with Crippen molar-refractivity contribution in [2.45, 2.75) is 237 Å². The summed E-state index contributed by atoms with van der Waals surface area (Å²) < 4.78 is 41.8. The van der Waals surface area contributed by atoms with Gasteiger partial charge in [-0.2, -0.15) is 0 Å². The molecule has 0 amide bonds. The fourth-order valence-corrected chi connectivity index (χ4v) is 12.2. The van der Waals surface area contributed by atoms with Crippen molar-refractivity contribution >= 4 is 5.97 Å². The zero-order valence-electron chi connectivity index (χ0n) is 48.6. The highest BCUT2D eigenvalue weighted by atomic mass is 16.7. The average molecular weight is 1100 g/mol. The van der Waals surface area contributed by atoms with E-state index >= 15 is 0 Å². The van der Waals surface area contributed by atoms with Crippen LogP contribution in [0.4, 0.5) is 0 Å². The molecule has 3 aromatic rings. The number of aliphatic hydroxyl groups excluding tert-OH is 3. The van der Waals surface area contributed by atoms with E-state index in [9.17, 15) is 40.2 Å². The van der Waals surface area contributed by atoms with Gasteiger partial charge in [-0.05, 0) is 118 Å². The van der Waals surface area contributed by atoms with Gasteiger partial charge in [-0.25, -0.2) is 0 Å². The van der Waals surface area contributed by atoms with Crippen molar-refractivity contribution in [2.75, 3.05) is 27.7 Å². The largest absolute Gasteiger partial charge is 0.503 e. The number of aromatic nitrogens is 4. The molecule has 0 aliphatic carbocycles. The molecule has 0 radical (unpaired) electrons. The van der Waals surface area contributed by atoms with Crippen LogP contribution >= 0.6 is 0 Å². The van der Waals surface area contributed by atoms with Gasteiger partial charge in [0.2, 0.25) is 0 Å². The first-order valence-corrected chi connectivity index (χ1v) is 28.4. The fraction of sp³-hybridized carbons (Fsp3) is 0.759. The van der Waals surface area contributed by atoms with Gasteiger partial charge in [0.15, 0.2) is 18.3 Å². The molecule has 1 aromatic carbocycles. The third kappa shape index (κ3) is 15.3. The number of ether oxygens (including phenoxy) is 6. The number of aryl methyl sites for hydroxylation is 2. The number of aliphatic hydroxyl groups is 5. The summed E-state index contributed by atoms with van der Waals surface area (Å²) in [5, 5.41) is 78.4. The number of rotatable bonds is 18. The van der Waals surface area contributed by atoms with Gasteiger partial charge in [-0.1, -0.05) is 69.5 Å². The Hall–Kier alpha value is -3.90. The molecule has 3 aliphatic rings. The van der Waals surface area contributed by atoms with Crippen LogP contribution in [0, 0.1) is 17.8 Å². The molecule has 5 heterocycles. The molecule has 3 saturated heterocycles. The summed E-state index contributed by atoms with van der Waals surface area (Å²) in [4.78, 5) is 30.6. The van der Waals surface area contributed by atoms with Crippen LogP contribution in [-0.2, 0) is 52.8 Å². The summed E-state index contributed by atoms with van der Waals surface area (Å²) in [6, 6.07) is 10.2. The molecular formula is C58H94N6O14. The van der Waals surface area contributed by atoms with Crippen molar-refractivity contribution in [1.29, 1.82) is 0 Å². The van der Waals surface area contributed by atoms with E-state index in [0.29, 0.717) is 26.1 Å². The van der Waals surface area contributed by atoms with Crippen LogP contribution in [0.25, 0.3) is 11.3 Å². The maximum absolute atomic E-state index is 14.5. The van der Waals surface area contributed by atoms with Crippen LogP contribution < -0.4 is 5.56 Å². The molecule has 6 N–H and O–H groups in total. The lowest BCUT2D eigenvalue weighted by atomic mass is 9.77. The predicted molar refractivity (Wildman–Crippen MR) is 293 cm³/mol. The lowest BCUT2D eigenvalue weighted by Crippen LogP contribution is -2.60. The summed E-state index contributed by atoms with van der Waals surface area (Å²) in [7, 11) is 5.30. The predicted octanol–water partition coefficient (Wildman–Crippen LogP) is 5.25. The Bertz CT molecular complexity index is 2400. The second-order valence-electron chi connectivity index (χ2n) is 23.8. The molecule has 20 nitrogen and oxygen atoms in total. The van der Waals surface area contributed by atoms with Gasteiger partial charge in [0, 0.05) is 69.5 Å². The second kappa shape index (κ2) is 27.2. The number of likely N-dealkylation sites (N-methyl/N-ethyl adjacent to an activating group) is 2. The summed E-state index contributed by atoms with van der Waals surface area (Å²) in [5.74, 6) is -3.02. The van der Waals surface area contributed by atoms with E-state index in [0.717, 1.165) is 55.5 Å². The van der Waals surface area contributed by atoms with E-state index in [1.807, 2.05) is 74.9 Å². The molecular weight excluding hydrogens is 1000 g/mol. The lowest BCUT2D eigenvalue weighted by molar-refractivity contribution is -0.318. The number of carbonyl (C=O) groups is 1. The molecule has 18 atom stereocenters. The Morgan fingerprint density at radius 1 is 0.872 bits per heavy atom. The highest BCUT2D eigenvalue weighted by Gasteiger charge is 2.53. The highest BCUT2D eigenvalue weighted by molar-refractivity contribution is 5.73. The summed E-state index contributed by atoms with van der Waals surface area (Å²) >= 11 is 0. The van der Waals surface area contributed by atoms with Crippen LogP contribution in [0.3, 0.4) is 0 Å². The Morgan fingerprint density at radius 3 is 2.21 bits per heavy atom. The number of hydrogen-bond acceptors (Lipinski definition) is 18. The number of methoxy groups -OCH3 is 1. The van der Waals surface area contributed by atoms with Crippen LogP contribution in [0.1, 0.15) is 133 Å². The van der Waals surface area contributed by atoms with E-state index in [-0.39, 0.29) is 42.6 Å². The Labute approximate surface area is 461 Å². The molecule has 20 heteroatoms. The monoisotopic (exact) mass is 1100 g/mol. The zero-order chi connectivity index (χ0) is 57.4. The third-order valence-corrected chi connectivity index (χ3v) is 17.1. The standard InChI is InChI=1S/C58H94N6O14/c1-14-46-58(10,72)50(67)39(6)61(11)32-35(2)30-56(8,71)52(37(4)49(38(5)54(70)76-46)77-47-31-57(9,73-13)51(68)40(7)75-47)78-55-48(66)44(29-36(3)74-55)62(12)33-41-22-24-42(25-23-41)43-34-64(60-59-43)28-19-17-15-16-18-26-63-27-20-21-45(65)53(63)69/h20-25,27,34-40,44,46-52,55,65-68,71-72H,14-19,26,28-33H2,1-13H3/t35-,36-,37+,38-,39-,40+,44+,46-,47+,48-,49+,50-,51+,52-,55+,56-,57-,58-/m1/s1. The van der Waals surface area contributed by atoms with Gasteiger partial charge in [0.1, 0.15) is 35.7 Å². The Morgan fingerprint density at radius 2 is 1.54 bits per heavy atom. The number of unbranched alkanes of at least 4 members (excludes halogenated alkanes) is 4. The first kappa shape index (κ1) is 63.3. The van der Waals surface area contributed by atoms with Crippen molar-refractivity contribution < 1.29 is 63.9 Å². The molecule has 3 aliphatic heterocycles. The van der Waals surface area contributed by atoms with Crippen LogP contribution in [0.2, 0.25) is 0 Å². The lowest BCUT2D eigenvalue weighted by Gasteiger charge is -2.49. The summed E-state index contributed by atoms with van der Waals surface area (Å²) in [6.07, 6.45) is -0.648. The van der Waals surface area contributed by atoms with Gasteiger partial charge in [-0.15, -0.1) is 5.10 Å². The van der Waals surface area contributed by atoms with Gasteiger partial charge >= 0.3 is 5.97 Å². The minimum absolute atomic E-state index is 0.0986. The van der Waals surface area contributed by atoms with Gasteiger partial charge < -0.3 is 68.5 Å². The minimum atomic E-state index is -1.84. The molecule has 6 rings (SSSR count). The van der Waals surface area contributed by atoms with E-state index in [1.165, 1.54) is 20.1 Å². The highest BCUT2D eigenvalue weighted by Crippen LogP contribution is 2.40. The molecule has 3 fully saturated rings. The van der Waals surface area contributed by atoms with Crippen LogP contribution in [0.15, 0.2) is 53.6 Å². The number of cyclic esters (lactones) is 1. The number of hydrogen-bond donors (Lipinski definition) is 6. The van der Waals surface area contributed by atoms with E-state index in [2.05, 4.69) is 15.2 Å². The number of benzene rings is 1. The third-order valence-electron chi connectivity index (χ3n) is 17.1. The second-order valence-corrected chi connectivity index (χ2v) is 23.8. The van der Waals surface area contributed by atoms with Gasteiger partial charge in [0.05, 0.1) is 47.7 Å². The van der Waals surface area contributed by atoms with Crippen LogP contribution in [0.5, 0.6) is 5.75 Å². The molecule has 2 aromatic heterocycles. The SMILES string of the molecule is CC[C@H]1OC(=O)[C@H](C)[C@@H](O[C@H]2C[C@@](C)(OC)[C@@H](O)[C@H](C)O2)[C@H](C)[C@@H](O[C@@H]2O[C@H](C)C[C@H](N(C)Cc3ccc(-c4cn(CCCCCCCn5cccc(O)c5=O)nn4)cc3)[C@H]2O)[C@](C)(O)C[C@@H](C)CN(C)[C@H](C)[C@@H](O)[C@]1(C)O. The van der Waals surface area contributed by atoms with Gasteiger partial charge in [-0.3, -0.25) is 19.2 Å². The van der Waals surface area contributed by atoms with Crippen molar-refractivity contribution in [3.63, 3.8) is 0 Å². The molecule has 0 spiro atoms.